The normalized spacial score (nSPS) is 13.3. The predicted molar refractivity (Wildman–Crippen MR) is 350 cm³/mol. The Hall–Kier alpha value is -5.35. The van der Waals surface area contributed by atoms with Gasteiger partial charge in [0.2, 0.25) is 0 Å². The third-order valence-corrected chi connectivity index (χ3v) is 41.2. The molecule has 77 heavy (non-hydrogen) atoms. The number of hydrogen-bond donors (Lipinski definition) is 0. The predicted octanol–water partition coefficient (Wildman–Crippen LogP) is 19.7. The minimum absolute atomic E-state index is 0.612. The van der Waals surface area contributed by atoms with Crippen molar-refractivity contribution in [2.45, 2.75) is 188 Å². The van der Waals surface area contributed by atoms with Crippen molar-refractivity contribution in [3.8, 4) is 22.8 Å². The van der Waals surface area contributed by atoms with Crippen LogP contribution in [0.25, 0.3) is 77.7 Å². The van der Waals surface area contributed by atoms with Gasteiger partial charge in [0.15, 0.2) is 0 Å². The molecule has 0 bridgehead atoms. The number of ether oxygens (including phenoxy) is 1. The van der Waals surface area contributed by atoms with E-state index >= 15 is 0 Å². The molecule has 0 N–H and O–H groups in total. The minimum Gasteiger partial charge on any atom is -0.497 e. The lowest BCUT2D eigenvalue weighted by Gasteiger charge is -2.44. The number of aryl methyl sites for hydroxylation is 1. The molecule has 0 unspecified atom stereocenters. The third-order valence-electron chi connectivity index (χ3n) is 20.1. The average molecular weight is 1080 g/mol. The number of nitrogens with zero attached hydrogens (tertiary/aromatic N) is 3. The summed E-state index contributed by atoms with van der Waals surface area (Å²) in [6, 6.07) is 46.0. The van der Waals surface area contributed by atoms with Crippen molar-refractivity contribution in [2.75, 3.05) is 7.11 Å². The van der Waals surface area contributed by atoms with Crippen LogP contribution in [0, 0.1) is 0 Å². The summed E-state index contributed by atoms with van der Waals surface area (Å²) in [5, 5.41) is 11.4. The standard InChI is InChI=1S/C70H93N3OSi3/c1-22-59-62-40-56(75(43(3)4,44(5)6)45(7)8)30-35-68(62)72(65(59)23-2)53-26-33-66-60(38-53)61-39-54(27-34-67(61)71(66)52-24-28-55(74-21)29-25-52)73-69-36-31-57(76(46(9)10,47(11)12)48(13)14)41-63(69)64-42-58(32-37-70(64)73)77(49(15)16,50(17)18)51(19)20/h23-51H,2,22H2,1,3-21H3. The number of methoxy groups -OCH3 is 1. The first-order chi connectivity index (χ1) is 36.5. The van der Waals surface area contributed by atoms with E-state index in [1.54, 1.807) is 22.7 Å². The second-order valence-corrected chi connectivity index (χ2v) is 43.6. The lowest BCUT2D eigenvalue weighted by atomic mass is 10.1. The average Bonchev–Trinajstić information content (AvgIpc) is 4.01. The highest BCUT2D eigenvalue weighted by Gasteiger charge is 2.47. The zero-order valence-corrected chi connectivity index (χ0v) is 53.9. The van der Waals surface area contributed by atoms with Crippen LogP contribution in [0.5, 0.6) is 5.75 Å². The van der Waals surface area contributed by atoms with Crippen LogP contribution in [0.2, 0.25) is 49.9 Å². The Labute approximate surface area is 467 Å². The lowest BCUT2D eigenvalue weighted by Crippen LogP contribution is -2.55. The fourth-order valence-corrected chi connectivity index (χ4v) is 37.9. The van der Waals surface area contributed by atoms with Crippen LogP contribution < -0.4 is 20.3 Å². The molecule has 0 atom stereocenters. The summed E-state index contributed by atoms with van der Waals surface area (Å²) in [6.07, 6.45) is 3.04. The molecule has 9 rings (SSSR count). The van der Waals surface area contributed by atoms with Crippen molar-refractivity contribution in [3.05, 3.63) is 133 Å². The maximum atomic E-state index is 5.69. The number of rotatable bonds is 18. The molecule has 0 amide bonds. The Bertz CT molecular complexity index is 3490. The van der Waals surface area contributed by atoms with Gasteiger partial charge >= 0.3 is 0 Å². The summed E-state index contributed by atoms with van der Waals surface area (Å²) in [6.45, 7) is 51.7. The first kappa shape index (κ1) is 56.4. The molecular weight excluding hydrogens is 983 g/mol. The van der Waals surface area contributed by atoms with E-state index in [2.05, 4.69) is 273 Å². The van der Waals surface area contributed by atoms with E-state index in [-0.39, 0.29) is 0 Å². The van der Waals surface area contributed by atoms with Gasteiger partial charge in [-0.1, -0.05) is 190 Å². The second kappa shape index (κ2) is 21.0. The van der Waals surface area contributed by atoms with Crippen molar-refractivity contribution < 1.29 is 4.74 Å². The molecule has 0 radical (unpaired) electrons. The molecule has 9 aromatic rings. The van der Waals surface area contributed by atoms with E-state index in [9.17, 15) is 0 Å². The molecule has 7 heteroatoms. The molecule has 0 spiro atoms. The van der Waals surface area contributed by atoms with Crippen molar-refractivity contribution in [1.82, 2.24) is 13.7 Å². The Kier molecular flexibility index (Phi) is 15.4. The summed E-state index contributed by atoms with van der Waals surface area (Å²) in [5.41, 5.74) is 17.7. The molecule has 0 fully saturated rings. The van der Waals surface area contributed by atoms with E-state index in [0.29, 0.717) is 49.9 Å². The van der Waals surface area contributed by atoms with Gasteiger partial charge in [-0.15, -0.1) is 0 Å². The van der Waals surface area contributed by atoms with Gasteiger partial charge in [-0.3, -0.25) is 0 Å². The van der Waals surface area contributed by atoms with Gasteiger partial charge in [-0.25, -0.2) is 0 Å². The van der Waals surface area contributed by atoms with Crippen LogP contribution in [-0.4, -0.2) is 45.0 Å². The van der Waals surface area contributed by atoms with Crippen molar-refractivity contribution >= 4 is 100 Å². The number of fused-ring (bicyclic) bond motifs is 7. The van der Waals surface area contributed by atoms with Crippen molar-refractivity contribution in [2.24, 2.45) is 0 Å². The van der Waals surface area contributed by atoms with Crippen LogP contribution in [0.15, 0.2) is 122 Å². The van der Waals surface area contributed by atoms with E-state index < -0.39 is 24.2 Å². The smallest absolute Gasteiger partial charge is 0.119 e. The van der Waals surface area contributed by atoms with Gasteiger partial charge in [0.05, 0.1) is 58.9 Å². The highest BCUT2D eigenvalue weighted by molar-refractivity contribution is 6.96. The van der Waals surface area contributed by atoms with Gasteiger partial charge in [0.25, 0.3) is 0 Å². The van der Waals surface area contributed by atoms with Crippen molar-refractivity contribution in [1.29, 1.82) is 0 Å². The number of hydrogen-bond acceptors (Lipinski definition) is 1. The monoisotopic (exact) mass is 1080 g/mol. The molecule has 4 nitrogen and oxygen atoms in total. The van der Waals surface area contributed by atoms with E-state index in [1.165, 1.54) is 71.5 Å². The maximum absolute atomic E-state index is 5.69. The molecule has 406 valence electrons. The lowest BCUT2D eigenvalue weighted by molar-refractivity contribution is 0.415. The highest BCUT2D eigenvalue weighted by Crippen LogP contribution is 2.47. The molecule has 0 saturated carbocycles. The minimum atomic E-state index is -1.99. The quantitative estimate of drug-likeness (QED) is 0.0786. The SMILES string of the molecule is C=Cc1c(CC)c2cc([Si](C(C)C)(C(C)C)C(C)C)ccc2n1-c1ccc2c(c1)c1cc(-n3c4ccc([Si](C(C)C)(C(C)C)C(C)C)cc4c4cc([Si](C(C)C)(C(C)C)C(C)C)ccc43)ccc1n2-c1ccc(OC)cc1. The van der Waals surface area contributed by atoms with Gasteiger partial charge < -0.3 is 18.4 Å². The first-order valence-corrected chi connectivity index (χ1v) is 36.3. The van der Waals surface area contributed by atoms with Crippen LogP contribution in [0.4, 0.5) is 0 Å². The Morgan fingerprint density at radius 3 is 0.987 bits per heavy atom. The van der Waals surface area contributed by atoms with Crippen molar-refractivity contribution in [3.63, 3.8) is 0 Å². The van der Waals surface area contributed by atoms with E-state index in [1.807, 2.05) is 0 Å². The Balaban J connectivity index is 1.36. The second-order valence-electron chi connectivity index (χ2n) is 25.9. The maximum Gasteiger partial charge on any atom is 0.119 e. The van der Waals surface area contributed by atoms with Gasteiger partial charge in [-0.05, 0) is 147 Å². The third kappa shape index (κ3) is 8.35. The molecule has 0 saturated heterocycles. The van der Waals surface area contributed by atoms with Crippen LogP contribution in [0.1, 0.15) is 143 Å². The Morgan fingerprint density at radius 1 is 0.377 bits per heavy atom. The Morgan fingerprint density at radius 2 is 0.662 bits per heavy atom. The molecule has 0 aliphatic rings. The van der Waals surface area contributed by atoms with E-state index in [4.69, 9.17) is 4.74 Å². The topological polar surface area (TPSA) is 24.0 Å². The van der Waals surface area contributed by atoms with Crippen LogP contribution in [-0.2, 0) is 6.42 Å². The molecule has 0 aliphatic heterocycles. The summed E-state index contributed by atoms with van der Waals surface area (Å²) in [7, 11) is -4.14. The summed E-state index contributed by atoms with van der Waals surface area (Å²) >= 11 is 0. The number of benzene rings is 6. The molecule has 3 aromatic heterocycles. The number of aromatic nitrogens is 3. The highest BCUT2D eigenvalue weighted by atomic mass is 28.3. The summed E-state index contributed by atoms with van der Waals surface area (Å²) in [4.78, 5) is 0. The molecule has 6 aromatic carbocycles. The van der Waals surface area contributed by atoms with Gasteiger partial charge in [-0.2, -0.15) is 0 Å². The molecular formula is C70H93N3OSi3. The molecule has 3 heterocycles. The molecule has 0 aliphatic carbocycles. The first-order valence-electron chi connectivity index (χ1n) is 29.6. The fraction of sp³-hybridized carbons (Fsp3) is 0.429. The van der Waals surface area contributed by atoms with Crippen LogP contribution in [0.3, 0.4) is 0 Å². The van der Waals surface area contributed by atoms with Gasteiger partial charge in [0, 0.05) is 49.7 Å². The summed E-state index contributed by atoms with van der Waals surface area (Å²) in [5.74, 6) is 0.850. The van der Waals surface area contributed by atoms with Crippen LogP contribution >= 0.6 is 0 Å². The largest absolute Gasteiger partial charge is 0.497 e. The van der Waals surface area contributed by atoms with Gasteiger partial charge in [0.1, 0.15) is 5.75 Å². The fourth-order valence-electron chi connectivity index (χ4n) is 17.6. The summed E-state index contributed by atoms with van der Waals surface area (Å²) < 4.78 is 13.2. The van der Waals surface area contributed by atoms with E-state index in [0.717, 1.165) is 23.5 Å². The zero-order chi connectivity index (χ0) is 56.0. The zero-order valence-electron chi connectivity index (χ0n) is 50.9.